The van der Waals surface area contributed by atoms with Crippen LogP contribution in [0.5, 0.6) is 0 Å². The predicted molar refractivity (Wildman–Crippen MR) is 91.5 cm³/mol. The van der Waals surface area contributed by atoms with Gasteiger partial charge in [-0.2, -0.15) is 28.8 Å². The van der Waals surface area contributed by atoms with Crippen LogP contribution in [0.25, 0.3) is 11.1 Å². The molecule has 5 nitrogen and oxygen atoms in total. The van der Waals surface area contributed by atoms with Gasteiger partial charge in [-0.3, -0.25) is 5.10 Å². The van der Waals surface area contributed by atoms with Crippen LogP contribution in [0.4, 0.5) is 13.2 Å². The molecule has 0 saturated carbocycles. The van der Waals surface area contributed by atoms with E-state index in [2.05, 4.69) is 22.3 Å². The van der Waals surface area contributed by atoms with Crippen LogP contribution in [0.2, 0.25) is 0 Å². The van der Waals surface area contributed by atoms with Gasteiger partial charge in [0, 0.05) is 17.0 Å². The van der Waals surface area contributed by atoms with E-state index in [1.54, 1.807) is 42.7 Å². The van der Waals surface area contributed by atoms with Gasteiger partial charge in [0.2, 0.25) is 0 Å². The number of rotatable bonds is 3. The van der Waals surface area contributed by atoms with Gasteiger partial charge in [0.1, 0.15) is 6.07 Å². The van der Waals surface area contributed by atoms with E-state index in [0.717, 1.165) is 11.8 Å². The Hall–Kier alpha value is -3.52. The zero-order valence-electron chi connectivity index (χ0n) is 14.5. The first kappa shape index (κ1) is 18.3. The molecule has 0 bridgehead atoms. The number of aromatic amines is 1. The highest BCUT2D eigenvalue weighted by Crippen LogP contribution is 2.33. The highest BCUT2D eigenvalue weighted by Gasteiger charge is 2.34. The van der Waals surface area contributed by atoms with Crippen molar-refractivity contribution in [3.05, 3.63) is 64.2 Å². The van der Waals surface area contributed by atoms with Crippen LogP contribution in [0, 0.1) is 36.5 Å². The summed E-state index contributed by atoms with van der Waals surface area (Å²) in [7, 11) is 0. The van der Waals surface area contributed by atoms with Crippen LogP contribution in [0.3, 0.4) is 0 Å². The van der Waals surface area contributed by atoms with Crippen LogP contribution < -0.4 is 0 Å². The lowest BCUT2D eigenvalue weighted by atomic mass is 9.99. The predicted octanol–water partition coefficient (Wildman–Crippen LogP) is 4.31. The molecule has 3 aromatic rings. The van der Waals surface area contributed by atoms with Gasteiger partial charge in [0.05, 0.1) is 29.4 Å². The maximum Gasteiger partial charge on any atom is 0.435 e. The van der Waals surface area contributed by atoms with Crippen molar-refractivity contribution in [3.63, 3.8) is 0 Å². The zero-order chi connectivity index (χ0) is 19.8. The first-order valence-corrected chi connectivity index (χ1v) is 7.98. The maximum absolute atomic E-state index is 12.8. The summed E-state index contributed by atoms with van der Waals surface area (Å²) in [6, 6.07) is 12.1. The molecule has 0 aliphatic heterocycles. The molecule has 2 heterocycles. The minimum atomic E-state index is -4.52. The number of H-pyrrole nitrogens is 1. The highest BCUT2D eigenvalue weighted by atomic mass is 19.4. The molecule has 0 aliphatic carbocycles. The van der Waals surface area contributed by atoms with E-state index in [1.807, 2.05) is 0 Å². The average Bonchev–Trinajstić information content (AvgIpc) is 3.20. The lowest BCUT2D eigenvalue weighted by Crippen LogP contribution is -2.05. The molecule has 1 N–H and O–H groups in total. The molecule has 3 rings (SSSR count). The van der Waals surface area contributed by atoms with E-state index in [-0.39, 0.29) is 12.2 Å². The fourth-order valence-electron chi connectivity index (χ4n) is 3.11. The van der Waals surface area contributed by atoms with E-state index in [0.29, 0.717) is 27.9 Å². The van der Waals surface area contributed by atoms with E-state index in [1.165, 1.54) is 0 Å². The molecule has 0 radical (unpaired) electrons. The number of hydrogen-bond acceptors (Lipinski definition) is 3. The Labute approximate surface area is 153 Å². The Morgan fingerprint density at radius 1 is 1.11 bits per heavy atom. The van der Waals surface area contributed by atoms with Gasteiger partial charge in [-0.05, 0) is 37.6 Å². The Bertz CT molecular complexity index is 1090. The van der Waals surface area contributed by atoms with Crippen molar-refractivity contribution in [1.29, 1.82) is 10.5 Å². The quantitative estimate of drug-likeness (QED) is 0.747. The molecule has 2 aromatic heterocycles. The van der Waals surface area contributed by atoms with E-state index < -0.39 is 11.9 Å². The Balaban J connectivity index is 2.08. The lowest BCUT2D eigenvalue weighted by Gasteiger charge is -2.08. The fourth-order valence-corrected chi connectivity index (χ4v) is 3.11. The zero-order valence-corrected chi connectivity index (χ0v) is 14.5. The first-order valence-electron chi connectivity index (χ1n) is 7.98. The Morgan fingerprint density at radius 2 is 1.85 bits per heavy atom. The van der Waals surface area contributed by atoms with E-state index >= 15 is 0 Å². The van der Waals surface area contributed by atoms with Crippen LogP contribution >= 0.6 is 0 Å². The molecular formula is C19H14F3N5. The summed E-state index contributed by atoms with van der Waals surface area (Å²) in [6.07, 6.45) is -4.52. The molecule has 27 heavy (non-hydrogen) atoms. The summed E-state index contributed by atoms with van der Waals surface area (Å²) in [6.45, 7) is 3.65. The van der Waals surface area contributed by atoms with Crippen LogP contribution in [-0.4, -0.2) is 14.8 Å². The number of halogens is 3. The fraction of sp³-hybridized carbons (Fsp3) is 0.211. The highest BCUT2D eigenvalue weighted by molar-refractivity contribution is 5.76. The molecule has 0 fully saturated rings. The van der Waals surface area contributed by atoms with Crippen LogP contribution in [-0.2, 0) is 12.7 Å². The summed E-state index contributed by atoms with van der Waals surface area (Å²) in [5, 5.41) is 24.4. The summed E-state index contributed by atoms with van der Waals surface area (Å²) in [4.78, 5) is 0. The molecule has 0 atom stereocenters. The molecule has 0 saturated heterocycles. The average molecular weight is 369 g/mol. The van der Waals surface area contributed by atoms with Gasteiger partial charge < -0.3 is 4.57 Å². The van der Waals surface area contributed by atoms with Crippen molar-refractivity contribution in [2.45, 2.75) is 26.6 Å². The van der Waals surface area contributed by atoms with Crippen molar-refractivity contribution in [1.82, 2.24) is 14.8 Å². The number of nitrogens with one attached hydrogen (secondary N) is 1. The molecule has 0 spiro atoms. The monoisotopic (exact) mass is 369 g/mol. The van der Waals surface area contributed by atoms with Crippen molar-refractivity contribution >= 4 is 0 Å². The van der Waals surface area contributed by atoms with Gasteiger partial charge in [0.25, 0.3) is 0 Å². The summed E-state index contributed by atoms with van der Waals surface area (Å²) in [5.41, 5.74) is 2.93. The second-order valence-corrected chi connectivity index (χ2v) is 6.09. The maximum atomic E-state index is 12.8. The second-order valence-electron chi connectivity index (χ2n) is 6.09. The van der Waals surface area contributed by atoms with Gasteiger partial charge in [-0.1, -0.05) is 12.1 Å². The van der Waals surface area contributed by atoms with E-state index in [4.69, 9.17) is 5.26 Å². The minimum absolute atomic E-state index is 0.118. The molecule has 0 amide bonds. The summed E-state index contributed by atoms with van der Waals surface area (Å²) >= 11 is 0. The van der Waals surface area contributed by atoms with Crippen LogP contribution in [0.15, 0.2) is 30.3 Å². The van der Waals surface area contributed by atoms with Crippen molar-refractivity contribution < 1.29 is 13.2 Å². The number of aromatic nitrogens is 3. The van der Waals surface area contributed by atoms with Crippen LogP contribution in [0.1, 0.15) is 33.9 Å². The third-order valence-electron chi connectivity index (χ3n) is 4.43. The molecule has 1 aromatic carbocycles. The number of hydrogen-bond donors (Lipinski definition) is 1. The van der Waals surface area contributed by atoms with Gasteiger partial charge >= 0.3 is 6.18 Å². The Kier molecular flexibility index (Phi) is 4.50. The first-order chi connectivity index (χ1) is 12.8. The largest absolute Gasteiger partial charge is 0.435 e. The van der Waals surface area contributed by atoms with Gasteiger partial charge in [0.15, 0.2) is 5.69 Å². The van der Waals surface area contributed by atoms with Crippen molar-refractivity contribution in [3.8, 4) is 23.3 Å². The standard InChI is InChI=1S/C19H14F3N5/c1-11-16(9-24)18(14-5-3-4-13(6-14)8-23)12(2)27(11)10-15-7-17(26-25-15)19(20,21)22/h3-7H,10H2,1-2H3,(H,25,26). The molecule has 0 unspecified atom stereocenters. The number of nitriles is 2. The number of nitrogens with zero attached hydrogens (tertiary/aromatic N) is 4. The topological polar surface area (TPSA) is 81.2 Å². The third-order valence-corrected chi connectivity index (χ3v) is 4.43. The van der Waals surface area contributed by atoms with Gasteiger partial charge in [-0.15, -0.1) is 0 Å². The Morgan fingerprint density at radius 3 is 2.44 bits per heavy atom. The number of benzene rings is 1. The molecule has 8 heteroatoms. The minimum Gasteiger partial charge on any atom is -0.341 e. The van der Waals surface area contributed by atoms with Crippen molar-refractivity contribution in [2.75, 3.05) is 0 Å². The lowest BCUT2D eigenvalue weighted by molar-refractivity contribution is -0.141. The summed E-state index contributed by atoms with van der Waals surface area (Å²) < 4.78 is 40.0. The normalized spacial score (nSPS) is 11.2. The van der Waals surface area contributed by atoms with Crippen molar-refractivity contribution in [2.24, 2.45) is 0 Å². The molecule has 136 valence electrons. The second kappa shape index (κ2) is 6.65. The smallest absolute Gasteiger partial charge is 0.341 e. The summed E-state index contributed by atoms with van der Waals surface area (Å²) in [5.74, 6) is 0. The van der Waals surface area contributed by atoms with Gasteiger partial charge in [-0.25, -0.2) is 0 Å². The van der Waals surface area contributed by atoms with E-state index in [9.17, 15) is 18.4 Å². The SMILES string of the molecule is Cc1c(C#N)c(-c2cccc(C#N)c2)c(C)n1Cc1cc(C(F)(F)F)n[nH]1. The molecular weight excluding hydrogens is 355 g/mol. The third kappa shape index (κ3) is 3.30. The number of alkyl halides is 3. The molecule has 0 aliphatic rings.